The number of aromatic nitrogens is 2. The highest BCUT2D eigenvalue weighted by Gasteiger charge is 2.08. The Morgan fingerprint density at radius 2 is 1.95 bits per heavy atom. The second-order valence-corrected chi connectivity index (χ2v) is 6.08. The zero-order valence-electron chi connectivity index (χ0n) is 12.8. The van der Waals surface area contributed by atoms with Gasteiger partial charge in [0.2, 0.25) is 0 Å². The van der Waals surface area contributed by atoms with Crippen LogP contribution in [-0.4, -0.2) is 23.3 Å². The Bertz CT molecular complexity index is 827. The molecule has 0 saturated heterocycles. The van der Waals surface area contributed by atoms with E-state index in [2.05, 4.69) is 50.6 Å². The monoisotopic (exact) mass is 360 g/mol. The fourth-order valence-corrected chi connectivity index (χ4v) is 2.83. The molecule has 22 heavy (non-hydrogen) atoms. The highest BCUT2D eigenvalue weighted by molar-refractivity contribution is 9.10. The summed E-state index contributed by atoms with van der Waals surface area (Å²) in [7, 11) is 1.61. The Hall–Kier alpha value is -1.85. The summed E-state index contributed by atoms with van der Waals surface area (Å²) >= 11 is 3.49. The molecule has 0 aliphatic carbocycles. The highest BCUT2D eigenvalue weighted by atomic mass is 79.9. The molecule has 0 aliphatic heterocycles. The molecule has 2 aromatic heterocycles. The van der Waals surface area contributed by atoms with Gasteiger partial charge in [-0.05, 0) is 64.7 Å². The van der Waals surface area contributed by atoms with Gasteiger partial charge < -0.3 is 13.9 Å². The molecule has 0 radical (unpaired) electrons. The standard InChI is InChI=1S/C17H17BrN2O2/c1-11-6-14(9-20-8-12(2)19-17(11)20)13-4-5-15(18)16(7-13)22-10-21-3/h4-9H,10H2,1-3H3. The van der Waals surface area contributed by atoms with E-state index in [1.807, 2.05) is 25.3 Å². The van der Waals surface area contributed by atoms with Crippen LogP contribution < -0.4 is 4.74 Å². The van der Waals surface area contributed by atoms with E-state index >= 15 is 0 Å². The topological polar surface area (TPSA) is 35.8 Å². The predicted molar refractivity (Wildman–Crippen MR) is 90.3 cm³/mol. The largest absolute Gasteiger partial charge is 0.466 e. The van der Waals surface area contributed by atoms with Gasteiger partial charge in [0.1, 0.15) is 11.4 Å². The van der Waals surface area contributed by atoms with Gasteiger partial charge in [-0.15, -0.1) is 0 Å². The van der Waals surface area contributed by atoms with Crippen molar-refractivity contribution in [2.45, 2.75) is 13.8 Å². The lowest BCUT2D eigenvalue weighted by Crippen LogP contribution is -1.99. The SMILES string of the molecule is COCOc1cc(-c2cc(C)c3nc(C)cn3c2)ccc1Br. The van der Waals surface area contributed by atoms with Crippen molar-refractivity contribution >= 4 is 21.6 Å². The van der Waals surface area contributed by atoms with E-state index in [1.54, 1.807) is 7.11 Å². The number of halogens is 1. The molecule has 3 aromatic rings. The van der Waals surface area contributed by atoms with Crippen LogP contribution in [0.1, 0.15) is 11.3 Å². The van der Waals surface area contributed by atoms with Crippen molar-refractivity contribution in [2.24, 2.45) is 0 Å². The third kappa shape index (κ3) is 2.87. The lowest BCUT2D eigenvalue weighted by atomic mass is 10.1. The van der Waals surface area contributed by atoms with Crippen molar-refractivity contribution in [2.75, 3.05) is 13.9 Å². The number of hydrogen-bond donors (Lipinski definition) is 0. The lowest BCUT2D eigenvalue weighted by Gasteiger charge is -2.10. The van der Waals surface area contributed by atoms with Crippen molar-refractivity contribution in [1.29, 1.82) is 0 Å². The Morgan fingerprint density at radius 3 is 2.73 bits per heavy atom. The molecule has 114 valence electrons. The van der Waals surface area contributed by atoms with Gasteiger partial charge in [0.05, 0.1) is 10.2 Å². The molecule has 0 atom stereocenters. The number of rotatable bonds is 4. The van der Waals surface area contributed by atoms with Gasteiger partial charge in [-0.1, -0.05) is 6.07 Å². The Kier molecular flexibility index (Phi) is 4.18. The number of nitrogens with zero attached hydrogens (tertiary/aromatic N) is 2. The molecule has 0 N–H and O–H groups in total. The van der Waals surface area contributed by atoms with Crippen molar-refractivity contribution in [3.63, 3.8) is 0 Å². The number of benzene rings is 1. The number of methoxy groups -OCH3 is 1. The Labute approximate surface area is 137 Å². The van der Waals surface area contributed by atoms with E-state index in [1.165, 1.54) is 0 Å². The number of aryl methyl sites for hydroxylation is 2. The van der Waals surface area contributed by atoms with Crippen LogP contribution in [0.25, 0.3) is 16.8 Å². The second-order valence-electron chi connectivity index (χ2n) is 5.22. The number of imidazole rings is 1. The van der Waals surface area contributed by atoms with Gasteiger partial charge >= 0.3 is 0 Å². The van der Waals surface area contributed by atoms with E-state index in [9.17, 15) is 0 Å². The second kappa shape index (κ2) is 6.10. The third-order valence-corrected chi connectivity index (χ3v) is 4.11. The van der Waals surface area contributed by atoms with Gasteiger partial charge in [0.15, 0.2) is 6.79 Å². The van der Waals surface area contributed by atoms with Gasteiger partial charge in [0.25, 0.3) is 0 Å². The molecule has 0 unspecified atom stereocenters. The molecule has 0 aliphatic rings. The van der Waals surface area contributed by atoms with E-state index < -0.39 is 0 Å². The van der Waals surface area contributed by atoms with Crippen molar-refractivity contribution in [1.82, 2.24) is 9.38 Å². The number of ether oxygens (including phenoxy) is 2. The molecule has 1 aromatic carbocycles. The van der Waals surface area contributed by atoms with E-state index in [-0.39, 0.29) is 6.79 Å². The van der Waals surface area contributed by atoms with Crippen molar-refractivity contribution in [3.05, 3.63) is 52.4 Å². The van der Waals surface area contributed by atoms with Crippen LogP contribution in [-0.2, 0) is 4.74 Å². The first-order chi connectivity index (χ1) is 10.6. The summed E-state index contributed by atoms with van der Waals surface area (Å²) in [6.45, 7) is 4.30. The summed E-state index contributed by atoms with van der Waals surface area (Å²) in [5.74, 6) is 0.763. The van der Waals surface area contributed by atoms with Crippen LogP contribution in [0.2, 0.25) is 0 Å². The lowest BCUT2D eigenvalue weighted by molar-refractivity contribution is 0.0506. The fourth-order valence-electron chi connectivity index (χ4n) is 2.47. The zero-order valence-corrected chi connectivity index (χ0v) is 14.3. The smallest absolute Gasteiger partial charge is 0.188 e. The van der Waals surface area contributed by atoms with Gasteiger partial charge in [-0.3, -0.25) is 0 Å². The Morgan fingerprint density at radius 1 is 1.14 bits per heavy atom. The Balaban J connectivity index is 2.06. The highest BCUT2D eigenvalue weighted by Crippen LogP contribution is 2.31. The maximum atomic E-state index is 5.58. The summed E-state index contributed by atoms with van der Waals surface area (Å²) < 4.78 is 13.5. The minimum absolute atomic E-state index is 0.223. The maximum absolute atomic E-state index is 5.58. The van der Waals surface area contributed by atoms with Crippen LogP contribution in [0, 0.1) is 13.8 Å². The number of hydrogen-bond acceptors (Lipinski definition) is 3. The summed E-state index contributed by atoms with van der Waals surface area (Å²) in [4.78, 5) is 4.53. The minimum atomic E-state index is 0.223. The average Bonchev–Trinajstić information content (AvgIpc) is 2.87. The maximum Gasteiger partial charge on any atom is 0.188 e. The molecule has 4 nitrogen and oxygen atoms in total. The molecule has 0 fully saturated rings. The summed E-state index contributed by atoms with van der Waals surface area (Å²) in [5, 5.41) is 0. The van der Waals surface area contributed by atoms with Crippen LogP contribution in [0.15, 0.2) is 41.1 Å². The number of pyridine rings is 1. The van der Waals surface area contributed by atoms with E-state index in [4.69, 9.17) is 9.47 Å². The van der Waals surface area contributed by atoms with Crippen molar-refractivity contribution in [3.8, 4) is 16.9 Å². The fraction of sp³-hybridized carbons (Fsp3) is 0.235. The quantitative estimate of drug-likeness (QED) is 0.648. The molecule has 3 rings (SSSR count). The third-order valence-electron chi connectivity index (χ3n) is 3.45. The van der Waals surface area contributed by atoms with Gasteiger partial charge in [-0.2, -0.15) is 0 Å². The van der Waals surface area contributed by atoms with E-state index in [0.29, 0.717) is 0 Å². The first-order valence-electron chi connectivity index (χ1n) is 6.96. The normalized spacial score (nSPS) is 11.1. The van der Waals surface area contributed by atoms with Gasteiger partial charge in [0, 0.05) is 19.5 Å². The molecular weight excluding hydrogens is 344 g/mol. The summed E-state index contributed by atoms with van der Waals surface area (Å²) in [5.41, 5.74) is 5.37. The van der Waals surface area contributed by atoms with Crippen molar-refractivity contribution < 1.29 is 9.47 Å². The molecule has 0 bridgehead atoms. The first kappa shape index (κ1) is 15.1. The average molecular weight is 361 g/mol. The first-order valence-corrected chi connectivity index (χ1v) is 7.75. The van der Waals surface area contributed by atoms with Crippen LogP contribution in [0.4, 0.5) is 0 Å². The van der Waals surface area contributed by atoms with E-state index in [0.717, 1.165) is 38.3 Å². The van der Waals surface area contributed by atoms with Crippen LogP contribution in [0.3, 0.4) is 0 Å². The molecule has 5 heteroatoms. The minimum Gasteiger partial charge on any atom is -0.466 e. The van der Waals surface area contributed by atoms with Crippen LogP contribution in [0.5, 0.6) is 5.75 Å². The summed E-state index contributed by atoms with van der Waals surface area (Å²) in [6, 6.07) is 8.20. The molecule has 2 heterocycles. The molecular formula is C17H17BrN2O2. The number of fused-ring (bicyclic) bond motifs is 1. The molecule has 0 saturated carbocycles. The summed E-state index contributed by atoms with van der Waals surface area (Å²) in [6.07, 6.45) is 4.12. The molecule has 0 spiro atoms. The van der Waals surface area contributed by atoms with Gasteiger partial charge in [-0.25, -0.2) is 4.98 Å². The predicted octanol–water partition coefficient (Wildman–Crippen LogP) is 4.36. The molecule has 0 amide bonds. The van der Waals surface area contributed by atoms with Crippen LogP contribution >= 0.6 is 15.9 Å². The zero-order chi connectivity index (χ0) is 15.7.